The third kappa shape index (κ3) is 4.81. The van der Waals surface area contributed by atoms with Gasteiger partial charge in [-0.3, -0.25) is 10.1 Å². The summed E-state index contributed by atoms with van der Waals surface area (Å²) in [5.74, 6) is -1.82. The summed E-state index contributed by atoms with van der Waals surface area (Å²) in [6.45, 7) is 0.894. The first kappa shape index (κ1) is 13.4. The summed E-state index contributed by atoms with van der Waals surface area (Å²) in [6.07, 6.45) is 2.85. The molecular weight excluding hydrogens is 228 g/mol. The maximum Gasteiger partial charge on any atom is 0.329 e. The Morgan fingerprint density at radius 1 is 1.29 bits per heavy atom. The topological polar surface area (TPSA) is 105 Å². The molecule has 17 heavy (non-hydrogen) atoms. The van der Waals surface area contributed by atoms with E-state index in [2.05, 4.69) is 15.4 Å². The Bertz CT molecular complexity index is 325. The lowest BCUT2D eigenvalue weighted by atomic mass is 9.79. The Hall–Kier alpha value is -1.63. The molecule has 0 aliphatic heterocycles. The molecule has 7 heteroatoms. The molecule has 0 aromatic rings. The van der Waals surface area contributed by atoms with Crippen LogP contribution in [0.15, 0.2) is 0 Å². The van der Waals surface area contributed by atoms with Gasteiger partial charge in [0, 0.05) is 5.54 Å². The summed E-state index contributed by atoms with van der Waals surface area (Å²) in [5, 5.41) is 13.0. The van der Waals surface area contributed by atoms with E-state index in [1.54, 1.807) is 0 Å². The highest BCUT2D eigenvalue weighted by molar-refractivity contribution is 5.95. The van der Waals surface area contributed by atoms with E-state index in [9.17, 15) is 14.4 Å². The zero-order valence-corrected chi connectivity index (χ0v) is 9.62. The number of hydrogen-bond donors (Lipinski definition) is 3. The van der Waals surface area contributed by atoms with Crippen LogP contribution in [0.4, 0.5) is 4.79 Å². The van der Waals surface area contributed by atoms with Crippen molar-refractivity contribution in [3.05, 3.63) is 0 Å². The van der Waals surface area contributed by atoms with Gasteiger partial charge in [0.2, 0.25) is 0 Å². The summed E-state index contributed by atoms with van der Waals surface area (Å²) >= 11 is 0. The van der Waals surface area contributed by atoms with Crippen LogP contribution in [0.1, 0.15) is 26.2 Å². The van der Waals surface area contributed by atoms with Crippen molar-refractivity contribution < 1.29 is 24.2 Å². The molecule has 1 aliphatic carbocycles. The highest BCUT2D eigenvalue weighted by Gasteiger charge is 2.33. The van der Waals surface area contributed by atoms with Gasteiger partial charge in [-0.1, -0.05) is 0 Å². The summed E-state index contributed by atoms with van der Waals surface area (Å²) in [7, 11) is 0. The lowest BCUT2D eigenvalue weighted by molar-refractivity contribution is -0.143. The lowest BCUT2D eigenvalue weighted by Crippen LogP contribution is -2.55. The molecule has 1 saturated carbocycles. The molecule has 96 valence electrons. The van der Waals surface area contributed by atoms with E-state index < -0.39 is 31.1 Å². The zero-order valence-electron chi connectivity index (χ0n) is 9.62. The van der Waals surface area contributed by atoms with Crippen molar-refractivity contribution >= 4 is 17.9 Å². The van der Waals surface area contributed by atoms with E-state index in [0.29, 0.717) is 0 Å². The van der Waals surface area contributed by atoms with Crippen molar-refractivity contribution in [3.63, 3.8) is 0 Å². The molecular formula is C10H16N2O5. The van der Waals surface area contributed by atoms with Crippen molar-refractivity contribution in [3.8, 4) is 0 Å². The molecule has 7 nitrogen and oxygen atoms in total. The Morgan fingerprint density at radius 3 is 2.41 bits per heavy atom. The van der Waals surface area contributed by atoms with Crippen LogP contribution in [0.25, 0.3) is 0 Å². The Balaban J connectivity index is 2.17. The molecule has 0 spiro atoms. The molecule has 0 aromatic heterocycles. The number of hydrogen-bond acceptors (Lipinski definition) is 4. The van der Waals surface area contributed by atoms with Crippen LogP contribution in [0.2, 0.25) is 0 Å². The van der Waals surface area contributed by atoms with Crippen LogP contribution in [0.5, 0.6) is 0 Å². The van der Waals surface area contributed by atoms with E-state index in [4.69, 9.17) is 5.11 Å². The Kier molecular flexibility index (Phi) is 4.45. The van der Waals surface area contributed by atoms with Gasteiger partial charge in [0.15, 0.2) is 0 Å². The maximum absolute atomic E-state index is 11.3. The first-order chi connectivity index (χ1) is 7.91. The number of carbonyl (C=O) groups is 3. The van der Waals surface area contributed by atoms with Crippen molar-refractivity contribution in [2.75, 3.05) is 13.2 Å². The van der Waals surface area contributed by atoms with Crippen LogP contribution >= 0.6 is 0 Å². The number of amides is 3. The van der Waals surface area contributed by atoms with E-state index in [1.807, 2.05) is 6.92 Å². The number of imide groups is 1. The van der Waals surface area contributed by atoms with Gasteiger partial charge in [-0.2, -0.15) is 0 Å². The average molecular weight is 244 g/mol. The lowest BCUT2D eigenvalue weighted by Gasteiger charge is -2.38. The van der Waals surface area contributed by atoms with Gasteiger partial charge in [-0.25, -0.2) is 9.59 Å². The third-order valence-electron chi connectivity index (χ3n) is 2.58. The number of carboxylic acids is 1. The predicted molar refractivity (Wildman–Crippen MR) is 57.4 cm³/mol. The van der Waals surface area contributed by atoms with Crippen LogP contribution in [0, 0.1) is 0 Å². The smallest absolute Gasteiger partial charge is 0.329 e. The molecule has 0 heterocycles. The first-order valence-electron chi connectivity index (χ1n) is 5.33. The second-order valence-corrected chi connectivity index (χ2v) is 4.30. The van der Waals surface area contributed by atoms with Crippen molar-refractivity contribution in [2.45, 2.75) is 31.7 Å². The number of ether oxygens (including phenoxy) is 1. The van der Waals surface area contributed by atoms with Crippen LogP contribution < -0.4 is 10.6 Å². The Labute approximate surface area is 98.5 Å². The predicted octanol–water partition coefficient (Wildman–Crippen LogP) is -0.144. The minimum absolute atomic E-state index is 0.230. The van der Waals surface area contributed by atoms with Gasteiger partial charge < -0.3 is 15.2 Å². The molecule has 1 aliphatic rings. The van der Waals surface area contributed by atoms with Gasteiger partial charge in [0.1, 0.15) is 13.2 Å². The number of carbonyl (C=O) groups excluding carboxylic acids is 2. The minimum atomic E-state index is -1.16. The number of aliphatic carboxylic acids is 1. The van der Waals surface area contributed by atoms with E-state index in [-0.39, 0.29) is 5.54 Å². The summed E-state index contributed by atoms with van der Waals surface area (Å²) in [6, 6.07) is -0.573. The summed E-state index contributed by atoms with van der Waals surface area (Å²) in [5.41, 5.74) is -0.230. The monoisotopic (exact) mass is 244 g/mol. The molecule has 0 bridgehead atoms. The van der Waals surface area contributed by atoms with Crippen LogP contribution in [0.3, 0.4) is 0 Å². The largest absolute Gasteiger partial charge is 0.480 e. The molecule has 0 saturated heterocycles. The average Bonchev–Trinajstić information content (AvgIpc) is 2.14. The molecule has 0 aromatic carbocycles. The minimum Gasteiger partial charge on any atom is -0.480 e. The van der Waals surface area contributed by atoms with Crippen molar-refractivity contribution in [2.24, 2.45) is 0 Å². The third-order valence-corrected chi connectivity index (χ3v) is 2.58. The highest BCUT2D eigenvalue weighted by atomic mass is 16.5. The molecule has 1 rings (SSSR count). The van der Waals surface area contributed by atoms with Crippen molar-refractivity contribution in [1.29, 1.82) is 0 Å². The van der Waals surface area contributed by atoms with Crippen LogP contribution in [-0.4, -0.2) is 41.8 Å². The quantitative estimate of drug-likeness (QED) is 0.624. The van der Waals surface area contributed by atoms with Gasteiger partial charge >= 0.3 is 12.0 Å². The number of rotatable bonds is 5. The first-order valence-corrected chi connectivity index (χ1v) is 5.33. The molecule has 0 atom stereocenters. The second-order valence-electron chi connectivity index (χ2n) is 4.30. The molecule has 3 N–H and O–H groups in total. The summed E-state index contributed by atoms with van der Waals surface area (Å²) < 4.78 is 4.54. The van der Waals surface area contributed by atoms with Gasteiger partial charge in [0.05, 0.1) is 0 Å². The molecule has 3 amide bonds. The van der Waals surface area contributed by atoms with E-state index in [0.717, 1.165) is 19.3 Å². The number of carboxylic acid groups (broad SMARTS) is 1. The second kappa shape index (κ2) is 5.62. The number of urea groups is 1. The SMILES string of the molecule is CC1(NC(=O)NC(=O)COCC(=O)O)CCC1. The summed E-state index contributed by atoms with van der Waals surface area (Å²) in [4.78, 5) is 32.6. The van der Waals surface area contributed by atoms with Gasteiger partial charge in [0.25, 0.3) is 5.91 Å². The fourth-order valence-corrected chi connectivity index (χ4v) is 1.53. The fourth-order valence-electron chi connectivity index (χ4n) is 1.53. The van der Waals surface area contributed by atoms with Gasteiger partial charge in [-0.15, -0.1) is 0 Å². The standard InChI is InChI=1S/C10H16N2O5/c1-10(3-2-4-10)12-9(16)11-7(13)5-17-6-8(14)15/h2-6H2,1H3,(H,14,15)(H2,11,12,13,16). The Morgan fingerprint density at radius 2 is 1.94 bits per heavy atom. The van der Waals surface area contributed by atoms with Gasteiger partial charge in [-0.05, 0) is 26.2 Å². The number of nitrogens with one attached hydrogen (secondary N) is 2. The molecule has 1 fully saturated rings. The van der Waals surface area contributed by atoms with Crippen LogP contribution in [-0.2, 0) is 14.3 Å². The normalized spacial score (nSPS) is 16.8. The zero-order chi connectivity index (χ0) is 12.9. The molecule has 0 radical (unpaired) electrons. The van der Waals surface area contributed by atoms with E-state index >= 15 is 0 Å². The van der Waals surface area contributed by atoms with Crippen molar-refractivity contribution in [1.82, 2.24) is 10.6 Å². The fraction of sp³-hybridized carbons (Fsp3) is 0.700. The maximum atomic E-state index is 11.3. The molecule has 0 unspecified atom stereocenters. The van der Waals surface area contributed by atoms with E-state index in [1.165, 1.54) is 0 Å². The highest BCUT2D eigenvalue weighted by Crippen LogP contribution is 2.30.